The van der Waals surface area contributed by atoms with E-state index in [1.807, 2.05) is 6.07 Å². The number of fused-ring (bicyclic) bond motifs is 1. The van der Waals surface area contributed by atoms with Crippen molar-refractivity contribution in [3.63, 3.8) is 0 Å². The van der Waals surface area contributed by atoms with E-state index in [4.69, 9.17) is 27.9 Å². The average Bonchev–Trinajstić information content (AvgIpc) is 3.06. The molecule has 1 heterocycles. The Balaban J connectivity index is 1.57. The van der Waals surface area contributed by atoms with Crippen LogP contribution >= 0.6 is 34.5 Å². The number of anilines is 1. The van der Waals surface area contributed by atoms with Gasteiger partial charge in [-0.05, 0) is 48.9 Å². The van der Waals surface area contributed by atoms with Gasteiger partial charge in [-0.3, -0.25) is 4.79 Å². The third-order valence-corrected chi connectivity index (χ3v) is 6.37. The van der Waals surface area contributed by atoms with E-state index >= 15 is 0 Å². The van der Waals surface area contributed by atoms with E-state index in [0.29, 0.717) is 26.5 Å². The highest BCUT2D eigenvalue weighted by molar-refractivity contribution is 7.14. The van der Waals surface area contributed by atoms with E-state index in [1.165, 1.54) is 28.2 Å². The van der Waals surface area contributed by atoms with Gasteiger partial charge in [0.2, 0.25) is 0 Å². The second-order valence-electron chi connectivity index (χ2n) is 6.30. The normalized spacial score (nSPS) is 16.0. The van der Waals surface area contributed by atoms with Crippen molar-refractivity contribution in [2.45, 2.75) is 32.6 Å². The fraction of sp³-hybridized carbons (Fsp3) is 0.368. The maximum Gasteiger partial charge on any atom is 0.348 e. The number of amides is 1. The van der Waals surface area contributed by atoms with Crippen LogP contribution in [-0.2, 0) is 22.4 Å². The van der Waals surface area contributed by atoms with E-state index in [2.05, 4.69) is 12.2 Å². The maximum absolute atomic E-state index is 12.3. The summed E-state index contributed by atoms with van der Waals surface area (Å²) in [5, 5.41) is 3.23. The number of carbonyl (C=O) groups excluding carboxylic acids is 2. The van der Waals surface area contributed by atoms with E-state index < -0.39 is 11.9 Å². The number of halogens is 2. The first-order valence-corrected chi connectivity index (χ1v) is 10.1. The summed E-state index contributed by atoms with van der Waals surface area (Å²) in [6, 6.07) is 6.83. The summed E-state index contributed by atoms with van der Waals surface area (Å²) >= 11 is 13.5. The van der Waals surface area contributed by atoms with Crippen molar-refractivity contribution in [3.05, 3.63) is 49.6 Å². The number of carbonyl (C=O) groups is 2. The van der Waals surface area contributed by atoms with Crippen molar-refractivity contribution in [3.8, 4) is 0 Å². The number of nitrogens with one attached hydrogen (secondary N) is 1. The van der Waals surface area contributed by atoms with Crippen LogP contribution in [0.15, 0.2) is 24.3 Å². The van der Waals surface area contributed by atoms with E-state index in [9.17, 15) is 9.59 Å². The summed E-state index contributed by atoms with van der Waals surface area (Å²) in [5.74, 6) is -0.273. The van der Waals surface area contributed by atoms with Crippen molar-refractivity contribution < 1.29 is 14.3 Å². The molecule has 0 spiro atoms. The van der Waals surface area contributed by atoms with Gasteiger partial charge in [0.25, 0.3) is 5.91 Å². The largest absolute Gasteiger partial charge is 0.451 e. The van der Waals surface area contributed by atoms with Gasteiger partial charge in [0.15, 0.2) is 6.61 Å². The molecule has 1 N–H and O–H groups in total. The average molecular weight is 412 g/mol. The van der Waals surface area contributed by atoms with E-state index in [1.54, 1.807) is 18.2 Å². The fourth-order valence-electron chi connectivity index (χ4n) is 3.04. The summed E-state index contributed by atoms with van der Waals surface area (Å²) in [6.07, 6.45) is 4.34. The van der Waals surface area contributed by atoms with Crippen LogP contribution in [0.1, 0.15) is 39.9 Å². The van der Waals surface area contributed by atoms with Crippen LogP contribution in [0.3, 0.4) is 0 Å². The lowest BCUT2D eigenvalue weighted by atomic mass is 9.87. The minimum Gasteiger partial charge on any atom is -0.451 e. The molecule has 1 aromatic carbocycles. The summed E-state index contributed by atoms with van der Waals surface area (Å²) < 4.78 is 5.15. The molecule has 0 aliphatic heterocycles. The highest BCUT2D eigenvalue weighted by Gasteiger charge is 2.23. The van der Waals surface area contributed by atoms with E-state index in [-0.39, 0.29) is 6.61 Å². The molecule has 0 fully saturated rings. The topological polar surface area (TPSA) is 55.4 Å². The molecule has 26 heavy (non-hydrogen) atoms. The first-order valence-electron chi connectivity index (χ1n) is 8.50. The highest BCUT2D eigenvalue weighted by atomic mass is 35.5. The Bertz CT molecular complexity index is 814. The second-order valence-corrected chi connectivity index (χ2v) is 8.25. The van der Waals surface area contributed by atoms with Crippen molar-refractivity contribution in [1.29, 1.82) is 0 Å². The highest BCUT2D eigenvalue weighted by Crippen LogP contribution is 2.34. The molecule has 138 valence electrons. The zero-order valence-corrected chi connectivity index (χ0v) is 16.6. The molecule has 7 heteroatoms. The molecule has 0 saturated heterocycles. The lowest BCUT2D eigenvalue weighted by Crippen LogP contribution is -2.21. The van der Waals surface area contributed by atoms with Gasteiger partial charge < -0.3 is 10.1 Å². The smallest absolute Gasteiger partial charge is 0.348 e. The SMILES string of the molecule is CC[C@@H]1CCc2sc(C(=O)OCC(=O)Nc3c(Cl)cccc3Cl)cc2C1. The Morgan fingerprint density at radius 3 is 2.73 bits per heavy atom. The first kappa shape index (κ1) is 19.2. The molecule has 3 rings (SSSR count). The minimum atomic E-state index is -0.485. The summed E-state index contributed by atoms with van der Waals surface area (Å²) in [4.78, 5) is 26.1. The molecule has 4 nitrogen and oxygen atoms in total. The summed E-state index contributed by atoms with van der Waals surface area (Å²) in [5.41, 5.74) is 1.56. The van der Waals surface area contributed by atoms with Crippen LogP contribution < -0.4 is 5.32 Å². The molecule has 1 aliphatic carbocycles. The number of esters is 1. The molecule has 2 aromatic rings. The molecule has 1 aliphatic rings. The van der Waals surface area contributed by atoms with Crippen molar-refractivity contribution in [1.82, 2.24) is 0 Å². The van der Waals surface area contributed by atoms with Crippen molar-refractivity contribution in [2.24, 2.45) is 5.92 Å². The summed E-state index contributed by atoms with van der Waals surface area (Å²) in [7, 11) is 0. The first-order chi connectivity index (χ1) is 12.5. The van der Waals surface area contributed by atoms with Crippen LogP contribution in [0.2, 0.25) is 10.0 Å². The Labute approximate surface area is 166 Å². The van der Waals surface area contributed by atoms with Gasteiger partial charge in [-0.25, -0.2) is 4.79 Å². The van der Waals surface area contributed by atoms with Gasteiger partial charge in [0, 0.05) is 4.88 Å². The van der Waals surface area contributed by atoms with Gasteiger partial charge in [0.1, 0.15) is 4.88 Å². The van der Waals surface area contributed by atoms with Crippen LogP contribution in [0, 0.1) is 5.92 Å². The molecule has 1 aromatic heterocycles. The van der Waals surface area contributed by atoms with E-state index in [0.717, 1.165) is 19.3 Å². The molecular formula is C19H19Cl2NO3S. The maximum atomic E-state index is 12.3. The quantitative estimate of drug-likeness (QED) is 0.673. The number of aryl methyl sites for hydroxylation is 1. The van der Waals surface area contributed by atoms with Crippen LogP contribution in [0.25, 0.3) is 0 Å². The van der Waals surface area contributed by atoms with Crippen LogP contribution in [-0.4, -0.2) is 18.5 Å². The van der Waals surface area contributed by atoms with Gasteiger partial charge in [-0.2, -0.15) is 0 Å². The number of hydrogen-bond donors (Lipinski definition) is 1. The molecule has 0 unspecified atom stereocenters. The molecule has 0 radical (unpaired) electrons. The third-order valence-electron chi connectivity index (χ3n) is 4.52. The fourth-order valence-corrected chi connectivity index (χ4v) is 4.64. The van der Waals surface area contributed by atoms with Crippen LogP contribution in [0.4, 0.5) is 5.69 Å². The second kappa shape index (κ2) is 8.42. The molecule has 1 amide bonds. The van der Waals surface area contributed by atoms with Gasteiger partial charge in [0.05, 0.1) is 15.7 Å². The monoisotopic (exact) mass is 411 g/mol. The predicted molar refractivity (Wildman–Crippen MR) is 105 cm³/mol. The number of thiophene rings is 1. The summed E-state index contributed by atoms with van der Waals surface area (Å²) in [6.45, 7) is 1.81. The molecular weight excluding hydrogens is 393 g/mol. The van der Waals surface area contributed by atoms with Crippen LogP contribution in [0.5, 0.6) is 0 Å². The van der Waals surface area contributed by atoms with Gasteiger partial charge >= 0.3 is 5.97 Å². The zero-order chi connectivity index (χ0) is 18.7. The molecule has 0 saturated carbocycles. The van der Waals surface area contributed by atoms with Gasteiger partial charge in [-0.15, -0.1) is 11.3 Å². The minimum absolute atomic E-state index is 0.314. The number of ether oxygens (including phenoxy) is 1. The number of para-hydroxylation sites is 1. The zero-order valence-electron chi connectivity index (χ0n) is 14.3. The lowest BCUT2D eigenvalue weighted by Gasteiger charge is -2.19. The Morgan fingerprint density at radius 2 is 2.04 bits per heavy atom. The Morgan fingerprint density at radius 1 is 1.31 bits per heavy atom. The molecule has 1 atom stereocenters. The lowest BCUT2D eigenvalue weighted by molar-refractivity contribution is -0.119. The third kappa shape index (κ3) is 4.40. The predicted octanol–water partition coefficient (Wildman–Crippen LogP) is 5.37. The molecule has 0 bridgehead atoms. The Kier molecular flexibility index (Phi) is 6.22. The Hall–Kier alpha value is -1.56. The number of rotatable bonds is 5. The number of benzene rings is 1. The van der Waals surface area contributed by atoms with Gasteiger partial charge in [-0.1, -0.05) is 42.6 Å². The number of hydrogen-bond acceptors (Lipinski definition) is 4. The standard InChI is InChI=1S/C19H19Cl2NO3S/c1-2-11-6-7-15-12(8-11)9-16(26-15)19(24)25-10-17(23)22-18-13(20)4-3-5-14(18)21/h3-5,9,11H,2,6-8,10H2,1H3,(H,22,23)/t11-/m1/s1. The van der Waals surface area contributed by atoms with Crippen molar-refractivity contribution >= 4 is 52.1 Å². The van der Waals surface area contributed by atoms with Crippen molar-refractivity contribution in [2.75, 3.05) is 11.9 Å².